The van der Waals surface area contributed by atoms with Gasteiger partial charge >= 0.3 is 0 Å². The lowest BCUT2D eigenvalue weighted by Gasteiger charge is -1.94. The summed E-state index contributed by atoms with van der Waals surface area (Å²) in [4.78, 5) is 7.81. The first-order chi connectivity index (χ1) is 6.25. The average molecular weight is 177 g/mol. The molecule has 5 nitrogen and oxygen atoms in total. The van der Waals surface area contributed by atoms with Crippen LogP contribution in [0.4, 0.5) is 0 Å². The maximum Gasteiger partial charge on any atom is 0.133 e. The van der Waals surface area contributed by atoms with Crippen molar-refractivity contribution >= 4 is 0 Å². The van der Waals surface area contributed by atoms with Crippen molar-refractivity contribution in [1.82, 2.24) is 14.7 Å². The third-order valence-corrected chi connectivity index (χ3v) is 1.58. The Hall–Kier alpha value is -2.04. The van der Waals surface area contributed by atoms with Crippen molar-refractivity contribution in [2.24, 2.45) is 0 Å². The summed E-state index contributed by atoms with van der Waals surface area (Å²) in [7, 11) is 0. The van der Waals surface area contributed by atoms with Gasteiger partial charge in [0.1, 0.15) is 17.8 Å². The summed E-state index contributed by atoms with van der Waals surface area (Å²) in [5, 5.41) is 17.9. The molecule has 2 aromatic heterocycles. The number of nitrogens with zero attached hydrogens (tertiary/aromatic N) is 3. The normalized spacial score (nSPS) is 10.2. The molecule has 5 heteroatoms. The first-order valence-corrected chi connectivity index (χ1v) is 3.64. The molecule has 0 aliphatic heterocycles. The third-order valence-electron chi connectivity index (χ3n) is 1.58. The van der Waals surface area contributed by atoms with E-state index in [1.54, 1.807) is 6.07 Å². The summed E-state index contributed by atoms with van der Waals surface area (Å²) in [5.74, 6) is 0.104. The Labute approximate surface area is 73.9 Å². The summed E-state index contributed by atoms with van der Waals surface area (Å²) in [6.07, 6.45) is 4.02. The van der Waals surface area contributed by atoms with Crippen LogP contribution >= 0.6 is 0 Å². The van der Waals surface area contributed by atoms with E-state index in [1.165, 1.54) is 24.8 Å². The van der Waals surface area contributed by atoms with Crippen molar-refractivity contribution in [3.63, 3.8) is 0 Å². The summed E-state index contributed by atoms with van der Waals surface area (Å²) in [6, 6.07) is 3.14. The van der Waals surface area contributed by atoms with E-state index in [9.17, 15) is 0 Å². The fraction of sp³-hybridized carbons (Fsp3) is 0. The number of rotatable bonds is 1. The Bertz CT molecular complexity index is 408. The van der Waals surface area contributed by atoms with E-state index in [0.717, 1.165) is 4.73 Å². The van der Waals surface area contributed by atoms with Gasteiger partial charge in [0, 0.05) is 0 Å². The minimum absolute atomic E-state index is 0.104. The number of hydrogen-bond acceptors (Lipinski definition) is 4. The molecule has 0 saturated carbocycles. The zero-order valence-electron chi connectivity index (χ0n) is 6.62. The predicted molar refractivity (Wildman–Crippen MR) is 44.3 cm³/mol. The molecule has 2 rings (SSSR count). The van der Waals surface area contributed by atoms with Crippen molar-refractivity contribution in [1.29, 1.82) is 0 Å². The number of hydrogen-bond donors (Lipinski definition) is 2. The molecule has 0 amide bonds. The molecule has 66 valence electrons. The molecule has 0 spiro atoms. The van der Waals surface area contributed by atoms with Gasteiger partial charge in [-0.05, 0) is 12.1 Å². The molecular weight excluding hydrogens is 170 g/mol. The van der Waals surface area contributed by atoms with Crippen LogP contribution in [-0.2, 0) is 0 Å². The molecule has 2 aromatic rings. The first kappa shape index (κ1) is 7.60. The van der Waals surface area contributed by atoms with Gasteiger partial charge in [0.05, 0.1) is 18.1 Å². The topological polar surface area (TPSA) is 71.2 Å². The van der Waals surface area contributed by atoms with Gasteiger partial charge in [0.15, 0.2) is 0 Å². The lowest BCUT2D eigenvalue weighted by atomic mass is 10.3. The van der Waals surface area contributed by atoms with E-state index in [4.69, 9.17) is 10.3 Å². The van der Waals surface area contributed by atoms with Crippen LogP contribution < -0.4 is 0 Å². The standard InChI is InChI=1S/C8H7N3O2/c12-6-1-2-7(9-3-6)8-4-11(13)5-10-8/h1-5,12-13H. The quantitative estimate of drug-likeness (QED) is 0.634. The Balaban J connectivity index is 2.41. The Kier molecular flexibility index (Phi) is 1.63. The summed E-state index contributed by atoms with van der Waals surface area (Å²) >= 11 is 0. The zero-order chi connectivity index (χ0) is 9.26. The van der Waals surface area contributed by atoms with Crippen LogP contribution in [0.1, 0.15) is 0 Å². The van der Waals surface area contributed by atoms with Gasteiger partial charge in [0.2, 0.25) is 0 Å². The predicted octanol–water partition coefficient (Wildman–Crippen LogP) is 0.888. The molecule has 0 bridgehead atoms. The monoisotopic (exact) mass is 177 g/mol. The minimum atomic E-state index is 0.104. The lowest BCUT2D eigenvalue weighted by Crippen LogP contribution is -1.82. The third kappa shape index (κ3) is 1.44. The maximum atomic E-state index is 8.97. The van der Waals surface area contributed by atoms with Gasteiger partial charge < -0.3 is 10.3 Å². The molecule has 0 aliphatic rings. The van der Waals surface area contributed by atoms with Crippen LogP contribution in [0.25, 0.3) is 11.4 Å². The molecule has 2 heterocycles. The van der Waals surface area contributed by atoms with E-state index >= 15 is 0 Å². The molecule has 0 radical (unpaired) electrons. The maximum absolute atomic E-state index is 8.97. The van der Waals surface area contributed by atoms with E-state index < -0.39 is 0 Å². The van der Waals surface area contributed by atoms with Crippen LogP contribution in [0, 0.1) is 0 Å². The van der Waals surface area contributed by atoms with Crippen LogP contribution in [0.5, 0.6) is 5.75 Å². The van der Waals surface area contributed by atoms with E-state index in [1.807, 2.05) is 0 Å². The van der Waals surface area contributed by atoms with Gasteiger partial charge in [-0.3, -0.25) is 4.98 Å². The van der Waals surface area contributed by atoms with E-state index in [0.29, 0.717) is 11.4 Å². The fourth-order valence-electron chi connectivity index (χ4n) is 0.983. The highest BCUT2D eigenvalue weighted by Gasteiger charge is 2.02. The minimum Gasteiger partial charge on any atom is -0.506 e. The Morgan fingerprint density at radius 1 is 1.15 bits per heavy atom. The molecule has 0 atom stereocenters. The highest BCUT2D eigenvalue weighted by molar-refractivity contribution is 5.53. The Morgan fingerprint density at radius 3 is 2.54 bits per heavy atom. The molecule has 0 unspecified atom stereocenters. The highest BCUT2D eigenvalue weighted by atomic mass is 16.5. The van der Waals surface area contributed by atoms with Crippen LogP contribution in [0.15, 0.2) is 30.9 Å². The molecule has 2 N–H and O–H groups in total. The average Bonchev–Trinajstić information content (AvgIpc) is 2.53. The van der Waals surface area contributed by atoms with Crippen LogP contribution in [-0.4, -0.2) is 25.0 Å². The smallest absolute Gasteiger partial charge is 0.133 e. The van der Waals surface area contributed by atoms with Crippen molar-refractivity contribution < 1.29 is 10.3 Å². The zero-order valence-corrected chi connectivity index (χ0v) is 6.62. The van der Waals surface area contributed by atoms with Crippen LogP contribution in [0.2, 0.25) is 0 Å². The molecule has 0 saturated heterocycles. The van der Waals surface area contributed by atoms with E-state index in [-0.39, 0.29) is 5.75 Å². The fourth-order valence-corrected chi connectivity index (χ4v) is 0.983. The molecule has 0 aromatic carbocycles. The Morgan fingerprint density at radius 2 is 2.00 bits per heavy atom. The van der Waals surface area contributed by atoms with E-state index in [2.05, 4.69) is 9.97 Å². The molecule has 13 heavy (non-hydrogen) atoms. The lowest BCUT2D eigenvalue weighted by molar-refractivity contribution is 0.186. The van der Waals surface area contributed by atoms with Gasteiger partial charge in [-0.2, -0.15) is 4.73 Å². The van der Waals surface area contributed by atoms with Crippen molar-refractivity contribution in [3.05, 3.63) is 30.9 Å². The number of aromatic hydroxyl groups is 1. The number of aromatic nitrogens is 3. The summed E-state index contributed by atoms with van der Waals surface area (Å²) in [5.41, 5.74) is 1.16. The van der Waals surface area contributed by atoms with Crippen molar-refractivity contribution in [2.75, 3.05) is 0 Å². The molecular formula is C8H7N3O2. The second kappa shape index (κ2) is 2.78. The van der Waals surface area contributed by atoms with Gasteiger partial charge in [-0.1, -0.05) is 0 Å². The van der Waals surface area contributed by atoms with Crippen LogP contribution in [0.3, 0.4) is 0 Å². The highest BCUT2D eigenvalue weighted by Crippen LogP contribution is 2.15. The SMILES string of the molecule is Oc1ccc(-c2cn(O)cn2)nc1. The first-order valence-electron chi connectivity index (χ1n) is 3.64. The van der Waals surface area contributed by atoms with Gasteiger partial charge in [0.25, 0.3) is 0 Å². The summed E-state index contributed by atoms with van der Waals surface area (Å²) in [6.45, 7) is 0. The second-order valence-electron chi connectivity index (χ2n) is 2.54. The molecule has 0 aliphatic carbocycles. The number of imidazole rings is 1. The number of pyridine rings is 1. The van der Waals surface area contributed by atoms with Crippen molar-refractivity contribution in [3.8, 4) is 17.1 Å². The molecule has 0 fully saturated rings. The van der Waals surface area contributed by atoms with Crippen molar-refractivity contribution in [2.45, 2.75) is 0 Å². The summed E-state index contributed by atoms with van der Waals surface area (Å²) < 4.78 is 0.851. The largest absolute Gasteiger partial charge is 0.506 e. The van der Waals surface area contributed by atoms with Gasteiger partial charge in [-0.15, -0.1) is 0 Å². The second-order valence-corrected chi connectivity index (χ2v) is 2.54. The van der Waals surface area contributed by atoms with Gasteiger partial charge in [-0.25, -0.2) is 4.98 Å².